The summed E-state index contributed by atoms with van der Waals surface area (Å²) < 4.78 is 10.5. The quantitative estimate of drug-likeness (QED) is 0.759. The van der Waals surface area contributed by atoms with Gasteiger partial charge in [-0.25, -0.2) is 4.79 Å². The first-order valence-electron chi connectivity index (χ1n) is 8.26. The van der Waals surface area contributed by atoms with Gasteiger partial charge in [0, 0.05) is 6.04 Å². The summed E-state index contributed by atoms with van der Waals surface area (Å²) in [6.07, 6.45) is 0.644. The minimum absolute atomic E-state index is 0.0265. The van der Waals surface area contributed by atoms with Gasteiger partial charge in [0.2, 0.25) is 5.91 Å². The Morgan fingerprint density at radius 1 is 1.08 bits per heavy atom. The Kier molecular flexibility index (Phi) is 6.60. The van der Waals surface area contributed by atoms with Gasteiger partial charge in [0.1, 0.15) is 0 Å². The lowest BCUT2D eigenvalue weighted by atomic mass is 10.0. The third-order valence-electron chi connectivity index (χ3n) is 4.00. The van der Waals surface area contributed by atoms with Crippen molar-refractivity contribution in [2.24, 2.45) is 0 Å². The molecule has 0 aliphatic carbocycles. The summed E-state index contributed by atoms with van der Waals surface area (Å²) in [5.74, 6) is 0.0376. The molecular weight excluding hydrogens is 334 g/mol. The van der Waals surface area contributed by atoms with Crippen LogP contribution in [0.25, 0.3) is 0 Å². The van der Waals surface area contributed by atoms with E-state index in [4.69, 9.17) is 9.47 Å². The van der Waals surface area contributed by atoms with Crippen LogP contribution in [-0.4, -0.2) is 37.2 Å². The molecule has 1 atom stereocenters. The van der Waals surface area contributed by atoms with Crippen LogP contribution in [0.15, 0.2) is 42.5 Å². The fourth-order valence-corrected chi connectivity index (χ4v) is 2.79. The van der Waals surface area contributed by atoms with Gasteiger partial charge in [0.15, 0.2) is 11.5 Å². The highest BCUT2D eigenvalue weighted by atomic mass is 16.5. The maximum absolute atomic E-state index is 12.3. The maximum atomic E-state index is 12.3. The summed E-state index contributed by atoms with van der Waals surface area (Å²) in [7, 11) is 3.15. The van der Waals surface area contributed by atoms with E-state index in [0.717, 1.165) is 5.56 Å². The van der Waals surface area contributed by atoms with Crippen molar-refractivity contribution < 1.29 is 24.2 Å². The Labute approximate surface area is 152 Å². The lowest BCUT2D eigenvalue weighted by Crippen LogP contribution is -2.35. The Bertz CT molecular complexity index is 788. The second-order valence-corrected chi connectivity index (χ2v) is 6.00. The van der Waals surface area contributed by atoms with E-state index in [1.165, 1.54) is 6.07 Å². The third kappa shape index (κ3) is 4.99. The number of carboxylic acids is 1. The Balaban J connectivity index is 1.99. The van der Waals surface area contributed by atoms with E-state index in [2.05, 4.69) is 5.32 Å². The normalized spacial score (nSPS) is 11.5. The topological polar surface area (TPSA) is 84.9 Å². The fourth-order valence-electron chi connectivity index (χ4n) is 2.79. The number of nitrogens with one attached hydrogen (secondary N) is 1. The molecule has 0 saturated heterocycles. The third-order valence-corrected chi connectivity index (χ3v) is 4.00. The molecule has 2 rings (SSSR count). The van der Waals surface area contributed by atoms with Crippen molar-refractivity contribution in [1.82, 2.24) is 5.32 Å². The molecule has 1 unspecified atom stereocenters. The van der Waals surface area contributed by atoms with Gasteiger partial charge in [-0.3, -0.25) is 4.79 Å². The van der Waals surface area contributed by atoms with Gasteiger partial charge in [-0.1, -0.05) is 24.3 Å². The average Bonchev–Trinajstić information content (AvgIpc) is 2.61. The number of ether oxygens (including phenoxy) is 2. The van der Waals surface area contributed by atoms with Crippen molar-refractivity contribution in [3.63, 3.8) is 0 Å². The molecule has 6 heteroatoms. The largest absolute Gasteiger partial charge is 0.493 e. The molecule has 138 valence electrons. The number of carbonyl (C=O) groups is 2. The standard InChI is InChI=1S/C20H23NO5/c1-13(10-14-8-9-17(25-2)18(11-14)26-3)21-19(22)12-15-6-4-5-7-16(15)20(23)24/h4-9,11,13H,10,12H2,1-3H3,(H,21,22)(H,23,24). The highest BCUT2D eigenvalue weighted by Crippen LogP contribution is 2.27. The van der Waals surface area contributed by atoms with E-state index < -0.39 is 5.97 Å². The van der Waals surface area contributed by atoms with Crippen LogP contribution >= 0.6 is 0 Å². The zero-order valence-corrected chi connectivity index (χ0v) is 15.1. The second kappa shape index (κ2) is 8.89. The van der Waals surface area contributed by atoms with Crippen LogP contribution in [0.4, 0.5) is 0 Å². The number of aromatic carboxylic acids is 1. The number of hydrogen-bond acceptors (Lipinski definition) is 4. The van der Waals surface area contributed by atoms with Crippen LogP contribution < -0.4 is 14.8 Å². The lowest BCUT2D eigenvalue weighted by Gasteiger charge is -2.16. The summed E-state index contributed by atoms with van der Waals surface area (Å²) >= 11 is 0. The molecule has 0 aliphatic rings. The minimum Gasteiger partial charge on any atom is -0.493 e. The van der Waals surface area contributed by atoms with Gasteiger partial charge in [0.05, 0.1) is 26.2 Å². The fraction of sp³-hybridized carbons (Fsp3) is 0.300. The number of carbonyl (C=O) groups excluding carboxylic acids is 1. The molecule has 0 heterocycles. The molecule has 0 bridgehead atoms. The molecule has 26 heavy (non-hydrogen) atoms. The molecule has 0 aromatic heterocycles. The first kappa shape index (κ1) is 19.3. The molecule has 2 N–H and O–H groups in total. The highest BCUT2D eigenvalue weighted by Gasteiger charge is 2.15. The number of benzene rings is 2. The highest BCUT2D eigenvalue weighted by molar-refractivity contribution is 5.91. The summed E-state index contributed by atoms with van der Waals surface area (Å²) in [6.45, 7) is 1.90. The van der Waals surface area contributed by atoms with Crippen molar-refractivity contribution in [3.05, 3.63) is 59.2 Å². The van der Waals surface area contributed by atoms with E-state index in [1.54, 1.807) is 32.4 Å². The summed E-state index contributed by atoms with van der Waals surface area (Å²) in [6, 6.07) is 12.0. The zero-order chi connectivity index (χ0) is 19.1. The van der Waals surface area contributed by atoms with Crippen molar-refractivity contribution in [1.29, 1.82) is 0 Å². The van der Waals surface area contributed by atoms with Crippen LogP contribution in [0, 0.1) is 0 Å². The molecule has 0 radical (unpaired) electrons. The predicted octanol–water partition coefficient (Wildman–Crippen LogP) is 2.69. The van der Waals surface area contributed by atoms with Gasteiger partial charge in [-0.05, 0) is 42.7 Å². The summed E-state index contributed by atoms with van der Waals surface area (Å²) in [5, 5.41) is 12.1. The SMILES string of the molecule is COc1ccc(CC(C)NC(=O)Cc2ccccc2C(=O)O)cc1OC. The van der Waals surface area contributed by atoms with Crippen molar-refractivity contribution in [2.45, 2.75) is 25.8 Å². The van der Waals surface area contributed by atoms with E-state index >= 15 is 0 Å². The van der Waals surface area contributed by atoms with E-state index in [-0.39, 0.29) is 23.9 Å². The van der Waals surface area contributed by atoms with Crippen LogP contribution in [0.2, 0.25) is 0 Å². The van der Waals surface area contributed by atoms with Gasteiger partial charge in [-0.15, -0.1) is 0 Å². The van der Waals surface area contributed by atoms with Crippen LogP contribution in [0.3, 0.4) is 0 Å². The molecule has 1 amide bonds. The van der Waals surface area contributed by atoms with Crippen molar-refractivity contribution in [3.8, 4) is 11.5 Å². The lowest BCUT2D eigenvalue weighted by molar-refractivity contribution is -0.121. The Morgan fingerprint density at radius 3 is 2.42 bits per heavy atom. The summed E-state index contributed by atoms with van der Waals surface area (Å²) in [5.41, 5.74) is 1.65. The average molecular weight is 357 g/mol. The zero-order valence-electron chi connectivity index (χ0n) is 15.1. The molecule has 2 aromatic carbocycles. The Morgan fingerprint density at radius 2 is 1.77 bits per heavy atom. The predicted molar refractivity (Wildman–Crippen MR) is 98.0 cm³/mol. The second-order valence-electron chi connectivity index (χ2n) is 6.00. The van der Waals surface area contributed by atoms with Crippen LogP contribution in [0.1, 0.15) is 28.4 Å². The molecule has 0 fully saturated rings. The van der Waals surface area contributed by atoms with Gasteiger partial charge in [-0.2, -0.15) is 0 Å². The number of rotatable bonds is 8. The van der Waals surface area contributed by atoms with Gasteiger partial charge < -0.3 is 19.9 Å². The van der Waals surface area contributed by atoms with Gasteiger partial charge in [0.25, 0.3) is 0 Å². The van der Waals surface area contributed by atoms with Crippen molar-refractivity contribution >= 4 is 11.9 Å². The smallest absolute Gasteiger partial charge is 0.335 e. The van der Waals surface area contributed by atoms with Gasteiger partial charge >= 0.3 is 5.97 Å². The molecular formula is C20H23NO5. The number of amides is 1. The minimum atomic E-state index is -1.04. The molecule has 0 aliphatic heterocycles. The first-order valence-corrected chi connectivity index (χ1v) is 8.26. The molecule has 0 spiro atoms. The Hall–Kier alpha value is -3.02. The molecule has 6 nitrogen and oxygen atoms in total. The number of carboxylic acid groups (broad SMARTS) is 1. The number of hydrogen-bond donors (Lipinski definition) is 2. The van der Waals surface area contributed by atoms with Crippen LogP contribution in [-0.2, 0) is 17.6 Å². The van der Waals surface area contributed by atoms with E-state index in [0.29, 0.717) is 23.5 Å². The van der Waals surface area contributed by atoms with Crippen molar-refractivity contribution in [2.75, 3.05) is 14.2 Å². The number of methoxy groups -OCH3 is 2. The first-order chi connectivity index (χ1) is 12.4. The maximum Gasteiger partial charge on any atom is 0.335 e. The van der Waals surface area contributed by atoms with E-state index in [1.807, 2.05) is 25.1 Å². The monoisotopic (exact) mass is 357 g/mol. The molecule has 2 aromatic rings. The van der Waals surface area contributed by atoms with Crippen LogP contribution in [0.5, 0.6) is 11.5 Å². The molecule has 0 saturated carbocycles. The van der Waals surface area contributed by atoms with E-state index in [9.17, 15) is 14.7 Å². The summed E-state index contributed by atoms with van der Waals surface area (Å²) in [4.78, 5) is 23.5.